The van der Waals surface area contributed by atoms with Gasteiger partial charge in [0.2, 0.25) is 0 Å². The number of halogens is 3. The van der Waals surface area contributed by atoms with Crippen LogP contribution in [0.4, 0.5) is 0 Å². The zero-order valence-corrected chi connectivity index (χ0v) is 16.2. The van der Waals surface area contributed by atoms with E-state index in [9.17, 15) is 4.79 Å². The van der Waals surface area contributed by atoms with Gasteiger partial charge in [-0.3, -0.25) is 9.69 Å². The molecule has 4 nitrogen and oxygen atoms in total. The fourth-order valence-corrected chi connectivity index (χ4v) is 3.98. The Morgan fingerprint density at radius 3 is 2.54 bits per heavy atom. The lowest BCUT2D eigenvalue weighted by atomic mass is 9.89. The number of nitrogens with zero attached hydrogens (tertiary/aromatic N) is 2. The molecular weight excluding hydrogens is 369 g/mol. The molecule has 2 heterocycles. The molecule has 0 radical (unpaired) electrons. The maximum absolute atomic E-state index is 12.6. The van der Waals surface area contributed by atoms with Crippen molar-refractivity contribution in [2.24, 2.45) is 5.41 Å². The molecule has 2 aliphatic rings. The monoisotopic (exact) mass is 391 g/mol. The van der Waals surface area contributed by atoms with E-state index < -0.39 is 0 Å². The summed E-state index contributed by atoms with van der Waals surface area (Å²) < 4.78 is 0. The highest BCUT2D eigenvalue weighted by Gasteiger charge is 2.32. The first kappa shape index (κ1) is 19.8. The molecule has 2 saturated heterocycles. The van der Waals surface area contributed by atoms with E-state index in [1.807, 2.05) is 4.90 Å². The molecule has 0 bridgehead atoms. The summed E-state index contributed by atoms with van der Waals surface area (Å²) in [7, 11) is 0. The van der Waals surface area contributed by atoms with E-state index in [1.165, 1.54) is 6.42 Å². The van der Waals surface area contributed by atoms with Gasteiger partial charge >= 0.3 is 0 Å². The van der Waals surface area contributed by atoms with Gasteiger partial charge in [-0.25, -0.2) is 0 Å². The average Bonchev–Trinajstić information content (AvgIpc) is 2.94. The summed E-state index contributed by atoms with van der Waals surface area (Å²) in [5.74, 6) is 0.0000569. The summed E-state index contributed by atoms with van der Waals surface area (Å²) >= 11 is 12.1. The maximum Gasteiger partial charge on any atom is 0.255 e. The van der Waals surface area contributed by atoms with Crippen molar-refractivity contribution >= 4 is 41.5 Å². The van der Waals surface area contributed by atoms with E-state index in [0.29, 0.717) is 21.0 Å². The minimum Gasteiger partial charge on any atom is -0.336 e. The van der Waals surface area contributed by atoms with Crippen LogP contribution in [-0.4, -0.2) is 61.5 Å². The lowest BCUT2D eigenvalue weighted by molar-refractivity contribution is 0.0582. The lowest BCUT2D eigenvalue weighted by Crippen LogP contribution is -2.51. The molecule has 134 valence electrons. The molecule has 2 aliphatic heterocycles. The zero-order valence-electron chi connectivity index (χ0n) is 13.9. The van der Waals surface area contributed by atoms with Crippen LogP contribution in [0.3, 0.4) is 0 Å². The summed E-state index contributed by atoms with van der Waals surface area (Å²) in [4.78, 5) is 17.0. The van der Waals surface area contributed by atoms with Crippen LogP contribution in [0, 0.1) is 5.41 Å². The summed E-state index contributed by atoms with van der Waals surface area (Å²) in [6.07, 6.45) is 1.23. The fourth-order valence-electron chi connectivity index (χ4n) is 3.49. The predicted molar refractivity (Wildman–Crippen MR) is 102 cm³/mol. The first-order chi connectivity index (χ1) is 11.0. The van der Waals surface area contributed by atoms with Crippen LogP contribution in [0.1, 0.15) is 23.7 Å². The predicted octanol–water partition coefficient (Wildman–Crippen LogP) is 3.17. The number of nitrogens with one attached hydrogen (secondary N) is 1. The van der Waals surface area contributed by atoms with Gasteiger partial charge in [-0.05, 0) is 36.6 Å². The molecule has 0 aromatic heterocycles. The minimum absolute atomic E-state index is 0. The molecule has 2 fully saturated rings. The van der Waals surface area contributed by atoms with Gasteiger partial charge in [0.15, 0.2) is 0 Å². The SMILES string of the molecule is CC1(CN2CCN(C(=O)c3ccc(Cl)cc3Cl)CC2)CCNC1.Cl. The number of piperazine rings is 1. The Hall–Kier alpha value is -0.520. The Bertz CT molecular complexity index is 582. The Labute approximate surface area is 159 Å². The molecule has 3 rings (SSSR count). The molecule has 0 saturated carbocycles. The number of carbonyl (C=O) groups is 1. The molecule has 7 heteroatoms. The van der Waals surface area contributed by atoms with E-state index in [0.717, 1.165) is 45.8 Å². The smallest absolute Gasteiger partial charge is 0.255 e. The Morgan fingerprint density at radius 2 is 1.96 bits per heavy atom. The third-order valence-corrected chi connectivity index (χ3v) is 5.43. The van der Waals surface area contributed by atoms with Crippen LogP contribution >= 0.6 is 35.6 Å². The molecule has 1 atom stereocenters. The van der Waals surface area contributed by atoms with Gasteiger partial charge in [0.1, 0.15) is 0 Å². The van der Waals surface area contributed by atoms with Gasteiger partial charge in [0.05, 0.1) is 10.6 Å². The van der Waals surface area contributed by atoms with Gasteiger partial charge in [-0.2, -0.15) is 0 Å². The van der Waals surface area contributed by atoms with E-state index in [-0.39, 0.29) is 18.3 Å². The number of rotatable bonds is 3. The van der Waals surface area contributed by atoms with Crippen LogP contribution in [0.5, 0.6) is 0 Å². The quantitative estimate of drug-likeness (QED) is 0.858. The largest absolute Gasteiger partial charge is 0.336 e. The first-order valence-electron chi connectivity index (χ1n) is 8.14. The van der Waals surface area contributed by atoms with Crippen LogP contribution in [0.2, 0.25) is 10.0 Å². The fraction of sp³-hybridized carbons (Fsp3) is 0.588. The molecule has 0 aliphatic carbocycles. The van der Waals surface area contributed by atoms with Crippen molar-refractivity contribution in [2.75, 3.05) is 45.8 Å². The average molecular weight is 393 g/mol. The van der Waals surface area contributed by atoms with Crippen molar-refractivity contribution in [3.63, 3.8) is 0 Å². The number of benzene rings is 1. The Kier molecular flexibility index (Phi) is 6.80. The molecule has 1 aromatic carbocycles. The van der Waals surface area contributed by atoms with Gasteiger partial charge in [0, 0.05) is 44.3 Å². The van der Waals surface area contributed by atoms with E-state index in [4.69, 9.17) is 23.2 Å². The van der Waals surface area contributed by atoms with Crippen LogP contribution < -0.4 is 5.32 Å². The first-order valence-corrected chi connectivity index (χ1v) is 8.90. The summed E-state index contributed by atoms with van der Waals surface area (Å²) in [5, 5.41) is 4.42. The van der Waals surface area contributed by atoms with Crippen molar-refractivity contribution in [1.29, 1.82) is 0 Å². The second-order valence-electron chi connectivity index (χ2n) is 6.93. The highest BCUT2D eigenvalue weighted by atomic mass is 35.5. The van der Waals surface area contributed by atoms with Gasteiger partial charge in [0.25, 0.3) is 5.91 Å². The zero-order chi connectivity index (χ0) is 16.4. The van der Waals surface area contributed by atoms with Gasteiger partial charge in [-0.15, -0.1) is 12.4 Å². The van der Waals surface area contributed by atoms with E-state index in [1.54, 1.807) is 18.2 Å². The van der Waals surface area contributed by atoms with Crippen molar-refractivity contribution in [3.05, 3.63) is 33.8 Å². The molecular formula is C17H24Cl3N3O. The molecule has 1 unspecified atom stereocenters. The topological polar surface area (TPSA) is 35.6 Å². The molecule has 1 amide bonds. The van der Waals surface area contributed by atoms with E-state index in [2.05, 4.69) is 17.1 Å². The molecule has 24 heavy (non-hydrogen) atoms. The minimum atomic E-state index is 0. The number of amides is 1. The highest BCUT2D eigenvalue weighted by Crippen LogP contribution is 2.27. The summed E-state index contributed by atoms with van der Waals surface area (Å²) in [6, 6.07) is 5.05. The maximum atomic E-state index is 12.6. The number of carbonyl (C=O) groups excluding carboxylic acids is 1. The van der Waals surface area contributed by atoms with Gasteiger partial charge < -0.3 is 10.2 Å². The Morgan fingerprint density at radius 1 is 1.25 bits per heavy atom. The van der Waals surface area contributed by atoms with E-state index >= 15 is 0 Å². The second kappa shape index (κ2) is 8.24. The van der Waals surface area contributed by atoms with Crippen LogP contribution in [0.25, 0.3) is 0 Å². The van der Waals surface area contributed by atoms with Gasteiger partial charge in [-0.1, -0.05) is 30.1 Å². The highest BCUT2D eigenvalue weighted by molar-refractivity contribution is 6.36. The van der Waals surface area contributed by atoms with Crippen molar-refractivity contribution in [3.8, 4) is 0 Å². The normalized spacial score (nSPS) is 24.7. The molecule has 1 aromatic rings. The van der Waals surface area contributed by atoms with Crippen molar-refractivity contribution < 1.29 is 4.79 Å². The summed E-state index contributed by atoms with van der Waals surface area (Å²) in [6.45, 7) is 9.00. The molecule has 1 N–H and O–H groups in total. The number of hydrogen-bond donors (Lipinski definition) is 1. The molecule has 0 spiro atoms. The van der Waals surface area contributed by atoms with Crippen molar-refractivity contribution in [2.45, 2.75) is 13.3 Å². The lowest BCUT2D eigenvalue weighted by Gasteiger charge is -2.38. The van der Waals surface area contributed by atoms with Crippen LogP contribution in [-0.2, 0) is 0 Å². The third kappa shape index (κ3) is 4.55. The second-order valence-corrected chi connectivity index (χ2v) is 7.77. The van der Waals surface area contributed by atoms with Crippen molar-refractivity contribution in [1.82, 2.24) is 15.1 Å². The standard InChI is InChI=1S/C17H23Cl2N3O.ClH/c1-17(4-5-20-11-17)12-21-6-8-22(9-7-21)16(23)14-3-2-13(18)10-15(14)19;/h2-3,10,20H,4-9,11-12H2,1H3;1H. The third-order valence-electron chi connectivity index (χ3n) is 4.88. The Balaban J connectivity index is 0.00000208. The number of hydrogen-bond acceptors (Lipinski definition) is 3. The van der Waals surface area contributed by atoms with Crippen LogP contribution in [0.15, 0.2) is 18.2 Å². The summed E-state index contributed by atoms with van der Waals surface area (Å²) in [5.41, 5.74) is 0.905.